The molecular weight excluding hydrogens is 695 g/mol. The fourth-order valence-electron chi connectivity index (χ4n) is 7.31. The van der Waals surface area contributed by atoms with Crippen molar-refractivity contribution in [2.24, 2.45) is 0 Å². The topological polar surface area (TPSA) is 149 Å². The van der Waals surface area contributed by atoms with Gasteiger partial charge < -0.3 is 40.3 Å². The molecule has 0 radical (unpaired) electrons. The first kappa shape index (κ1) is 51.7. The molecule has 324 valence electrons. The van der Waals surface area contributed by atoms with E-state index in [1.54, 1.807) is 0 Å². The molecule has 0 spiro atoms. The molecule has 1 aliphatic rings. The van der Waals surface area contributed by atoms with Crippen molar-refractivity contribution in [1.29, 1.82) is 0 Å². The molecule has 1 fully saturated rings. The summed E-state index contributed by atoms with van der Waals surface area (Å²) in [7, 11) is 0. The van der Waals surface area contributed by atoms with Gasteiger partial charge in [0.25, 0.3) is 0 Å². The molecule has 1 rings (SSSR count). The normalized spacial score (nSPS) is 21.5. The van der Waals surface area contributed by atoms with Crippen LogP contribution in [0.15, 0.2) is 24.3 Å². The number of rotatable bonds is 38. The van der Waals surface area contributed by atoms with Crippen LogP contribution < -0.4 is 5.32 Å². The maximum absolute atomic E-state index is 13.0. The molecule has 1 amide bonds. The van der Waals surface area contributed by atoms with E-state index in [4.69, 9.17) is 9.47 Å². The molecule has 9 heteroatoms. The summed E-state index contributed by atoms with van der Waals surface area (Å²) in [6.45, 7) is 3.80. The molecule has 0 aliphatic carbocycles. The molecule has 0 aromatic rings. The van der Waals surface area contributed by atoms with Crippen LogP contribution in [0.4, 0.5) is 0 Å². The number of allylic oxidation sites excluding steroid dienone is 4. The van der Waals surface area contributed by atoms with E-state index in [0.717, 1.165) is 51.4 Å². The Balaban J connectivity index is 2.34. The molecule has 0 aromatic heterocycles. The number of carbonyl (C=O) groups is 1. The van der Waals surface area contributed by atoms with Crippen LogP contribution in [0, 0.1) is 0 Å². The Morgan fingerprint density at radius 1 is 0.618 bits per heavy atom. The van der Waals surface area contributed by atoms with Gasteiger partial charge in [-0.25, -0.2) is 0 Å². The second kappa shape index (κ2) is 37.0. The Labute approximate surface area is 337 Å². The van der Waals surface area contributed by atoms with E-state index in [9.17, 15) is 30.3 Å². The summed E-state index contributed by atoms with van der Waals surface area (Å²) in [4.78, 5) is 13.0. The van der Waals surface area contributed by atoms with E-state index >= 15 is 0 Å². The third kappa shape index (κ3) is 27.9. The summed E-state index contributed by atoms with van der Waals surface area (Å²) in [5, 5.41) is 54.3. The van der Waals surface area contributed by atoms with E-state index in [1.807, 2.05) is 0 Å². The van der Waals surface area contributed by atoms with Gasteiger partial charge in [-0.15, -0.1) is 0 Å². The van der Waals surface area contributed by atoms with E-state index in [1.165, 1.54) is 128 Å². The van der Waals surface area contributed by atoms with Gasteiger partial charge in [0.1, 0.15) is 24.4 Å². The minimum Gasteiger partial charge on any atom is -0.394 e. The second-order valence-corrected chi connectivity index (χ2v) is 16.2. The van der Waals surface area contributed by atoms with Gasteiger partial charge in [-0.2, -0.15) is 0 Å². The van der Waals surface area contributed by atoms with E-state index in [-0.39, 0.29) is 12.5 Å². The Morgan fingerprint density at radius 3 is 1.60 bits per heavy atom. The van der Waals surface area contributed by atoms with Crippen LogP contribution in [-0.2, 0) is 14.3 Å². The van der Waals surface area contributed by atoms with Crippen LogP contribution in [-0.4, -0.2) is 87.5 Å². The number of aliphatic hydroxyl groups excluding tert-OH is 5. The lowest BCUT2D eigenvalue weighted by Crippen LogP contribution is -2.60. The molecule has 1 aliphatic heterocycles. The van der Waals surface area contributed by atoms with Crippen molar-refractivity contribution in [3.63, 3.8) is 0 Å². The summed E-state index contributed by atoms with van der Waals surface area (Å²) >= 11 is 0. The molecule has 0 saturated carbocycles. The van der Waals surface area contributed by atoms with E-state index in [2.05, 4.69) is 43.5 Å². The molecule has 9 nitrogen and oxygen atoms in total. The lowest BCUT2D eigenvalue weighted by molar-refractivity contribution is -0.302. The first-order valence-corrected chi connectivity index (χ1v) is 23.0. The van der Waals surface area contributed by atoms with Crippen molar-refractivity contribution >= 4 is 5.91 Å². The van der Waals surface area contributed by atoms with E-state index in [0.29, 0.717) is 12.8 Å². The Morgan fingerprint density at radius 2 is 1.07 bits per heavy atom. The van der Waals surface area contributed by atoms with Crippen LogP contribution >= 0.6 is 0 Å². The van der Waals surface area contributed by atoms with Crippen LogP contribution in [0.1, 0.15) is 206 Å². The zero-order chi connectivity index (χ0) is 40.2. The molecule has 1 heterocycles. The molecule has 1 saturated heterocycles. The first-order valence-electron chi connectivity index (χ1n) is 23.0. The van der Waals surface area contributed by atoms with Crippen molar-refractivity contribution in [3.8, 4) is 0 Å². The zero-order valence-corrected chi connectivity index (χ0v) is 35.4. The highest BCUT2D eigenvalue weighted by molar-refractivity contribution is 5.76. The molecule has 0 aromatic carbocycles. The molecular formula is C46H87NO8. The van der Waals surface area contributed by atoms with E-state index < -0.39 is 49.5 Å². The van der Waals surface area contributed by atoms with Crippen molar-refractivity contribution < 1.29 is 39.8 Å². The SMILES string of the molecule is CCCCC/C=C\C/C=C\CCCCCCCCCC(=O)NC(COC1OC(CO)C(O)C(O)C1O)C(O)CCCCCCCCCCCCCCCCC. The van der Waals surface area contributed by atoms with Crippen molar-refractivity contribution in [2.75, 3.05) is 13.2 Å². The summed E-state index contributed by atoms with van der Waals surface area (Å²) in [6.07, 6.45) is 36.0. The van der Waals surface area contributed by atoms with Crippen LogP contribution in [0.2, 0.25) is 0 Å². The summed E-state index contributed by atoms with van der Waals surface area (Å²) in [5.41, 5.74) is 0. The minimum absolute atomic E-state index is 0.140. The van der Waals surface area contributed by atoms with Gasteiger partial charge in [-0.1, -0.05) is 179 Å². The number of aliphatic hydroxyl groups is 5. The lowest BCUT2D eigenvalue weighted by Gasteiger charge is -2.40. The van der Waals surface area contributed by atoms with Crippen molar-refractivity contribution in [3.05, 3.63) is 24.3 Å². The van der Waals surface area contributed by atoms with Crippen molar-refractivity contribution in [2.45, 2.75) is 249 Å². The Bertz CT molecular complexity index is 914. The highest BCUT2D eigenvalue weighted by atomic mass is 16.7. The Kier molecular flexibility index (Phi) is 34.7. The smallest absolute Gasteiger partial charge is 0.220 e. The van der Waals surface area contributed by atoms with Crippen LogP contribution in [0.3, 0.4) is 0 Å². The number of amides is 1. The number of unbranched alkanes of at least 4 members (excludes halogenated alkanes) is 24. The van der Waals surface area contributed by atoms with Gasteiger partial charge in [0.05, 0.1) is 25.4 Å². The minimum atomic E-state index is -1.55. The number of hydrogen-bond acceptors (Lipinski definition) is 8. The maximum Gasteiger partial charge on any atom is 0.220 e. The molecule has 55 heavy (non-hydrogen) atoms. The standard InChI is InChI=1S/C46H87NO8/c1-3-5-7-9-11-13-15-17-19-20-22-24-26-28-30-32-34-36-42(50)47-39(38-54-46-45(53)44(52)43(51)41(37-48)55-46)40(49)35-33-31-29-27-25-23-21-18-16-14-12-10-8-6-4-2/h11,13,17,19,39-41,43-46,48-49,51-53H,3-10,12,14-16,18,20-38H2,1-2H3,(H,47,50)/b13-11-,19-17-. The number of ether oxygens (including phenoxy) is 2. The predicted molar refractivity (Wildman–Crippen MR) is 226 cm³/mol. The molecule has 7 atom stereocenters. The van der Waals surface area contributed by atoms with Gasteiger partial charge in [-0.05, 0) is 44.9 Å². The average Bonchev–Trinajstić information content (AvgIpc) is 3.18. The van der Waals surface area contributed by atoms with Crippen molar-refractivity contribution in [1.82, 2.24) is 5.32 Å². The van der Waals surface area contributed by atoms with Gasteiger partial charge in [0.2, 0.25) is 5.91 Å². The molecule has 7 unspecified atom stereocenters. The third-order valence-electron chi connectivity index (χ3n) is 11.1. The van der Waals surface area contributed by atoms with Gasteiger partial charge in [-0.3, -0.25) is 4.79 Å². The largest absolute Gasteiger partial charge is 0.394 e. The van der Waals surface area contributed by atoms with Gasteiger partial charge in [0.15, 0.2) is 6.29 Å². The highest BCUT2D eigenvalue weighted by Gasteiger charge is 2.44. The first-order chi connectivity index (χ1) is 26.8. The number of nitrogens with one attached hydrogen (secondary N) is 1. The molecule has 0 bridgehead atoms. The number of carbonyl (C=O) groups excluding carboxylic acids is 1. The van der Waals surface area contributed by atoms with Crippen LogP contribution in [0.25, 0.3) is 0 Å². The summed E-state index contributed by atoms with van der Waals surface area (Å²) in [6, 6.07) is -0.720. The lowest BCUT2D eigenvalue weighted by atomic mass is 9.99. The quantitative estimate of drug-likeness (QED) is 0.0268. The Hall–Kier alpha value is -1.33. The summed E-state index contributed by atoms with van der Waals surface area (Å²) in [5.74, 6) is -0.152. The monoisotopic (exact) mass is 782 g/mol. The summed E-state index contributed by atoms with van der Waals surface area (Å²) < 4.78 is 11.3. The van der Waals surface area contributed by atoms with Gasteiger partial charge in [0, 0.05) is 6.42 Å². The highest BCUT2D eigenvalue weighted by Crippen LogP contribution is 2.23. The third-order valence-corrected chi connectivity index (χ3v) is 11.1. The number of hydrogen-bond donors (Lipinski definition) is 6. The van der Waals surface area contributed by atoms with Crippen LogP contribution in [0.5, 0.6) is 0 Å². The zero-order valence-electron chi connectivity index (χ0n) is 35.4. The fourth-order valence-corrected chi connectivity index (χ4v) is 7.31. The molecule has 6 N–H and O–H groups in total. The van der Waals surface area contributed by atoms with Gasteiger partial charge >= 0.3 is 0 Å². The maximum atomic E-state index is 13.0. The average molecular weight is 782 g/mol. The fraction of sp³-hybridized carbons (Fsp3) is 0.891. The predicted octanol–water partition coefficient (Wildman–Crippen LogP) is 9.50. The second-order valence-electron chi connectivity index (χ2n) is 16.2.